The van der Waals surface area contributed by atoms with E-state index in [9.17, 15) is 9.59 Å². The number of aromatic nitrogens is 1. The number of hydrogen-bond donors (Lipinski definition) is 0. The Hall–Kier alpha value is -1.58. The number of ether oxygens (including phenoxy) is 1. The molecule has 1 aliphatic carbocycles. The number of aryl methyl sites for hydroxylation is 1. The van der Waals surface area contributed by atoms with Crippen LogP contribution in [0.2, 0.25) is 0 Å². The van der Waals surface area contributed by atoms with Crippen molar-refractivity contribution in [2.45, 2.75) is 66.0 Å². The zero-order chi connectivity index (χ0) is 17.1. The SMILES string of the molecule is Cc1ccn(C(C)C(=O)OC2CC(C)CCC2C(C)C)c(=O)c1. The van der Waals surface area contributed by atoms with Crippen LogP contribution in [0.3, 0.4) is 0 Å². The highest BCUT2D eigenvalue weighted by atomic mass is 16.5. The normalized spacial score (nSPS) is 26.1. The second-order valence-corrected chi connectivity index (χ2v) is 7.43. The molecule has 23 heavy (non-hydrogen) atoms. The van der Waals surface area contributed by atoms with Gasteiger partial charge in [0.25, 0.3) is 5.56 Å². The third-order valence-corrected chi connectivity index (χ3v) is 5.09. The zero-order valence-electron chi connectivity index (χ0n) is 14.9. The maximum atomic E-state index is 12.5. The minimum atomic E-state index is -0.590. The number of esters is 1. The average molecular weight is 319 g/mol. The molecule has 1 heterocycles. The van der Waals surface area contributed by atoms with E-state index in [-0.39, 0.29) is 17.6 Å². The second kappa shape index (κ2) is 7.33. The van der Waals surface area contributed by atoms with Gasteiger partial charge in [0, 0.05) is 12.3 Å². The van der Waals surface area contributed by atoms with Gasteiger partial charge >= 0.3 is 5.97 Å². The molecule has 0 N–H and O–H groups in total. The van der Waals surface area contributed by atoms with Crippen molar-refractivity contribution >= 4 is 5.97 Å². The van der Waals surface area contributed by atoms with Gasteiger partial charge in [-0.3, -0.25) is 4.79 Å². The Morgan fingerprint density at radius 1 is 1.30 bits per heavy atom. The van der Waals surface area contributed by atoms with Crippen LogP contribution in [-0.2, 0) is 9.53 Å². The Labute approximate surface area is 138 Å². The topological polar surface area (TPSA) is 48.3 Å². The minimum Gasteiger partial charge on any atom is -0.461 e. The van der Waals surface area contributed by atoms with Gasteiger partial charge in [-0.1, -0.05) is 27.2 Å². The van der Waals surface area contributed by atoms with E-state index in [0.717, 1.165) is 18.4 Å². The fourth-order valence-corrected chi connectivity index (χ4v) is 3.52. The van der Waals surface area contributed by atoms with E-state index in [2.05, 4.69) is 20.8 Å². The molecule has 0 saturated heterocycles. The molecule has 0 amide bonds. The maximum absolute atomic E-state index is 12.5. The number of hydrogen-bond acceptors (Lipinski definition) is 3. The summed E-state index contributed by atoms with van der Waals surface area (Å²) in [4.78, 5) is 24.6. The number of carbonyl (C=O) groups is 1. The van der Waals surface area contributed by atoms with Crippen molar-refractivity contribution in [1.29, 1.82) is 0 Å². The van der Waals surface area contributed by atoms with E-state index in [1.165, 1.54) is 11.0 Å². The molecule has 0 bridgehead atoms. The molecule has 0 aromatic carbocycles. The Morgan fingerprint density at radius 3 is 2.61 bits per heavy atom. The van der Waals surface area contributed by atoms with Gasteiger partial charge in [-0.25, -0.2) is 4.79 Å². The summed E-state index contributed by atoms with van der Waals surface area (Å²) in [5.41, 5.74) is 0.736. The molecule has 0 radical (unpaired) electrons. The zero-order valence-corrected chi connectivity index (χ0v) is 14.9. The molecule has 1 aromatic heterocycles. The third-order valence-electron chi connectivity index (χ3n) is 5.09. The first-order valence-electron chi connectivity index (χ1n) is 8.69. The summed E-state index contributed by atoms with van der Waals surface area (Å²) >= 11 is 0. The lowest BCUT2D eigenvalue weighted by Crippen LogP contribution is -2.38. The molecule has 1 aromatic rings. The summed E-state index contributed by atoms with van der Waals surface area (Å²) in [5.74, 6) is 1.19. The van der Waals surface area contributed by atoms with E-state index in [1.54, 1.807) is 19.2 Å². The lowest BCUT2D eigenvalue weighted by molar-refractivity contribution is -0.159. The lowest BCUT2D eigenvalue weighted by atomic mass is 9.75. The first-order chi connectivity index (χ1) is 10.8. The van der Waals surface area contributed by atoms with Crippen LogP contribution in [0.25, 0.3) is 0 Å². The molecule has 0 aliphatic heterocycles. The molecule has 128 valence electrons. The smallest absolute Gasteiger partial charge is 0.329 e. The van der Waals surface area contributed by atoms with Crippen LogP contribution in [0.1, 0.15) is 58.6 Å². The molecule has 1 aliphatic rings. The van der Waals surface area contributed by atoms with Gasteiger partial charge < -0.3 is 9.30 Å². The Bertz CT molecular complexity index is 605. The van der Waals surface area contributed by atoms with Gasteiger partial charge in [0.2, 0.25) is 0 Å². The highest BCUT2D eigenvalue weighted by Gasteiger charge is 2.34. The predicted octanol–water partition coefficient (Wildman–Crippen LogP) is 3.72. The van der Waals surface area contributed by atoms with E-state index in [4.69, 9.17) is 4.74 Å². The number of rotatable bonds is 4. The lowest BCUT2D eigenvalue weighted by Gasteiger charge is -2.37. The second-order valence-electron chi connectivity index (χ2n) is 7.43. The van der Waals surface area contributed by atoms with Crippen LogP contribution in [0, 0.1) is 24.7 Å². The monoisotopic (exact) mass is 319 g/mol. The van der Waals surface area contributed by atoms with Crippen molar-refractivity contribution < 1.29 is 9.53 Å². The number of pyridine rings is 1. The van der Waals surface area contributed by atoms with Crippen LogP contribution in [0.4, 0.5) is 0 Å². The van der Waals surface area contributed by atoms with Crippen molar-refractivity contribution in [2.24, 2.45) is 17.8 Å². The van der Waals surface area contributed by atoms with E-state index in [1.807, 2.05) is 13.0 Å². The maximum Gasteiger partial charge on any atom is 0.329 e. The van der Waals surface area contributed by atoms with E-state index >= 15 is 0 Å². The van der Waals surface area contributed by atoms with Gasteiger partial charge in [-0.15, -0.1) is 0 Å². The van der Waals surface area contributed by atoms with Crippen LogP contribution in [-0.4, -0.2) is 16.6 Å². The van der Waals surface area contributed by atoms with Gasteiger partial charge in [0.05, 0.1) is 0 Å². The van der Waals surface area contributed by atoms with Crippen molar-refractivity contribution in [3.63, 3.8) is 0 Å². The standard InChI is InChI=1S/C19H29NO3/c1-12(2)16-7-6-13(3)10-17(16)23-19(22)15(5)20-9-8-14(4)11-18(20)21/h8-9,11-13,15-17H,6-7,10H2,1-5H3. The fraction of sp³-hybridized carbons (Fsp3) is 0.684. The molecule has 1 saturated carbocycles. The van der Waals surface area contributed by atoms with Crippen LogP contribution >= 0.6 is 0 Å². The highest BCUT2D eigenvalue weighted by Crippen LogP contribution is 2.35. The Kier molecular flexibility index (Phi) is 5.66. The molecule has 4 atom stereocenters. The molecule has 4 nitrogen and oxygen atoms in total. The van der Waals surface area contributed by atoms with Crippen LogP contribution in [0.15, 0.2) is 23.1 Å². The molecule has 0 spiro atoms. The molecule has 2 rings (SSSR count). The van der Waals surface area contributed by atoms with Crippen molar-refractivity contribution in [3.8, 4) is 0 Å². The molecular weight excluding hydrogens is 290 g/mol. The summed E-state index contributed by atoms with van der Waals surface area (Å²) in [6.07, 6.45) is 4.87. The van der Waals surface area contributed by atoms with Crippen LogP contribution < -0.4 is 5.56 Å². The summed E-state index contributed by atoms with van der Waals surface area (Å²) < 4.78 is 7.29. The number of carbonyl (C=O) groups excluding carboxylic acids is 1. The largest absolute Gasteiger partial charge is 0.461 e. The Balaban J connectivity index is 2.11. The summed E-state index contributed by atoms with van der Waals surface area (Å²) in [6, 6.07) is 2.79. The van der Waals surface area contributed by atoms with E-state index in [0.29, 0.717) is 17.8 Å². The first-order valence-corrected chi connectivity index (χ1v) is 8.69. The third kappa shape index (κ3) is 4.24. The molecular formula is C19H29NO3. The predicted molar refractivity (Wildman–Crippen MR) is 91.4 cm³/mol. The summed E-state index contributed by atoms with van der Waals surface area (Å²) in [6.45, 7) is 10.2. The molecule has 1 fully saturated rings. The molecule has 4 unspecified atom stereocenters. The van der Waals surface area contributed by atoms with Crippen molar-refractivity contribution in [3.05, 3.63) is 34.2 Å². The summed E-state index contributed by atoms with van der Waals surface area (Å²) in [5, 5.41) is 0. The summed E-state index contributed by atoms with van der Waals surface area (Å²) in [7, 11) is 0. The minimum absolute atomic E-state index is 0.0325. The average Bonchev–Trinajstić information content (AvgIpc) is 2.46. The van der Waals surface area contributed by atoms with Gasteiger partial charge in [0.15, 0.2) is 0 Å². The fourth-order valence-electron chi connectivity index (χ4n) is 3.52. The highest BCUT2D eigenvalue weighted by molar-refractivity contribution is 5.74. The number of nitrogens with zero attached hydrogens (tertiary/aromatic N) is 1. The van der Waals surface area contributed by atoms with E-state index < -0.39 is 6.04 Å². The Morgan fingerprint density at radius 2 is 2.00 bits per heavy atom. The van der Waals surface area contributed by atoms with Crippen molar-refractivity contribution in [1.82, 2.24) is 4.57 Å². The van der Waals surface area contributed by atoms with Gasteiger partial charge in [-0.2, -0.15) is 0 Å². The quantitative estimate of drug-likeness (QED) is 0.795. The van der Waals surface area contributed by atoms with Gasteiger partial charge in [-0.05, 0) is 56.1 Å². The van der Waals surface area contributed by atoms with Gasteiger partial charge in [0.1, 0.15) is 12.1 Å². The first kappa shape index (κ1) is 17.8. The van der Waals surface area contributed by atoms with Crippen LogP contribution in [0.5, 0.6) is 0 Å². The molecule has 4 heteroatoms. The van der Waals surface area contributed by atoms with Crippen molar-refractivity contribution in [2.75, 3.05) is 0 Å².